The second-order valence-corrected chi connectivity index (χ2v) is 4.85. The average Bonchev–Trinajstić information content (AvgIpc) is 2.48. The first-order chi connectivity index (χ1) is 10.1. The predicted molar refractivity (Wildman–Crippen MR) is 76.8 cm³/mol. The molecule has 21 heavy (non-hydrogen) atoms. The van der Waals surface area contributed by atoms with Crippen molar-refractivity contribution >= 4 is 17.5 Å². The second kappa shape index (κ2) is 6.83. The van der Waals surface area contributed by atoms with Crippen LogP contribution in [0, 0.1) is 10.1 Å². The molecule has 112 valence electrons. The summed E-state index contributed by atoms with van der Waals surface area (Å²) in [5, 5.41) is 14.8. The molecule has 0 aliphatic carbocycles. The molecule has 1 heterocycles. The molecule has 1 saturated heterocycles. The van der Waals surface area contributed by atoms with Crippen LogP contribution in [0.25, 0.3) is 0 Å². The molecular weight excluding hydrogens is 274 g/mol. The van der Waals surface area contributed by atoms with Gasteiger partial charge in [-0.15, -0.1) is 0 Å². The number of piperidine rings is 1. The van der Waals surface area contributed by atoms with E-state index in [0.29, 0.717) is 11.4 Å². The molecule has 2 rings (SSSR count). The second-order valence-electron chi connectivity index (χ2n) is 4.85. The van der Waals surface area contributed by atoms with Crippen LogP contribution in [0.1, 0.15) is 31.7 Å². The summed E-state index contributed by atoms with van der Waals surface area (Å²) >= 11 is 0. The number of hydrogen-bond acceptors (Lipinski definition) is 5. The van der Waals surface area contributed by atoms with Gasteiger partial charge in [-0.25, -0.2) is 4.79 Å². The Balaban J connectivity index is 2.33. The van der Waals surface area contributed by atoms with Crippen LogP contribution in [0.3, 0.4) is 0 Å². The Kier molecular flexibility index (Phi) is 4.86. The van der Waals surface area contributed by atoms with Gasteiger partial charge in [-0.05, 0) is 19.3 Å². The maximum Gasteiger partial charge on any atom is 0.332 e. The minimum absolute atomic E-state index is 0.0139. The van der Waals surface area contributed by atoms with Crippen molar-refractivity contribution in [2.45, 2.75) is 26.2 Å². The molecule has 0 N–H and O–H groups in total. The lowest BCUT2D eigenvalue weighted by Crippen LogP contribution is -2.36. The summed E-state index contributed by atoms with van der Waals surface area (Å²) in [6.07, 6.45) is 3.19. The number of oxime groups is 1. The van der Waals surface area contributed by atoms with Gasteiger partial charge in [-0.2, -0.15) is 0 Å². The smallest absolute Gasteiger partial charge is 0.332 e. The Morgan fingerprint density at radius 2 is 2.05 bits per heavy atom. The maximum absolute atomic E-state index is 11.0. The Morgan fingerprint density at radius 1 is 1.33 bits per heavy atom. The summed E-state index contributed by atoms with van der Waals surface area (Å²) in [5.41, 5.74) is 0.562. The van der Waals surface area contributed by atoms with Gasteiger partial charge in [0.25, 0.3) is 5.69 Å². The lowest BCUT2D eigenvalue weighted by molar-refractivity contribution is -0.384. The maximum atomic E-state index is 11.0. The van der Waals surface area contributed by atoms with Crippen LogP contribution in [0.4, 0.5) is 5.69 Å². The number of benzene rings is 1. The minimum Gasteiger partial charge on any atom is -0.353 e. The van der Waals surface area contributed by atoms with Crippen molar-refractivity contribution in [2.75, 3.05) is 13.1 Å². The van der Waals surface area contributed by atoms with Crippen molar-refractivity contribution in [1.82, 2.24) is 4.90 Å². The highest BCUT2D eigenvalue weighted by Crippen LogP contribution is 2.18. The number of likely N-dealkylation sites (tertiary alicyclic amines) is 1. The third kappa shape index (κ3) is 4.01. The summed E-state index contributed by atoms with van der Waals surface area (Å²) in [6.45, 7) is 2.86. The highest BCUT2D eigenvalue weighted by molar-refractivity contribution is 5.99. The van der Waals surface area contributed by atoms with Crippen LogP contribution in [-0.2, 0) is 9.63 Å². The lowest BCUT2D eigenvalue weighted by atomic mass is 10.1. The molecule has 0 radical (unpaired) electrons. The van der Waals surface area contributed by atoms with Gasteiger partial charge < -0.3 is 9.74 Å². The summed E-state index contributed by atoms with van der Waals surface area (Å²) in [5.74, 6) is -0.0523. The number of nitro groups is 1. The molecule has 7 heteroatoms. The first kappa shape index (κ1) is 15.0. The molecule has 7 nitrogen and oxygen atoms in total. The quantitative estimate of drug-likeness (QED) is 0.280. The number of nitrogens with zero attached hydrogens (tertiary/aromatic N) is 3. The Labute approximate surface area is 122 Å². The van der Waals surface area contributed by atoms with Gasteiger partial charge in [-0.1, -0.05) is 17.3 Å². The summed E-state index contributed by atoms with van der Waals surface area (Å²) < 4.78 is 0. The minimum atomic E-state index is -0.519. The number of amidine groups is 1. The van der Waals surface area contributed by atoms with Crippen LogP contribution in [-0.4, -0.2) is 34.7 Å². The highest BCUT2D eigenvalue weighted by Gasteiger charge is 2.19. The molecule has 0 bridgehead atoms. The summed E-state index contributed by atoms with van der Waals surface area (Å²) in [6, 6.07) is 6.19. The zero-order chi connectivity index (χ0) is 15.2. The molecule has 0 spiro atoms. The zero-order valence-corrected chi connectivity index (χ0v) is 11.8. The monoisotopic (exact) mass is 291 g/mol. The number of carbonyl (C=O) groups is 1. The van der Waals surface area contributed by atoms with E-state index in [0.717, 1.165) is 32.4 Å². The van der Waals surface area contributed by atoms with Crippen LogP contribution >= 0.6 is 0 Å². The van der Waals surface area contributed by atoms with Crippen molar-refractivity contribution in [3.05, 3.63) is 39.9 Å². The lowest BCUT2D eigenvalue weighted by Gasteiger charge is -2.29. The van der Waals surface area contributed by atoms with Gasteiger partial charge in [-0.3, -0.25) is 10.1 Å². The van der Waals surface area contributed by atoms with Gasteiger partial charge in [0.05, 0.1) is 4.92 Å². The van der Waals surface area contributed by atoms with E-state index in [2.05, 4.69) is 5.16 Å². The third-order valence-corrected chi connectivity index (χ3v) is 3.23. The zero-order valence-electron chi connectivity index (χ0n) is 11.8. The van der Waals surface area contributed by atoms with Crippen molar-refractivity contribution in [2.24, 2.45) is 5.16 Å². The molecule has 1 aliphatic heterocycles. The number of carbonyl (C=O) groups excluding carboxylic acids is 1. The fourth-order valence-corrected chi connectivity index (χ4v) is 2.26. The van der Waals surface area contributed by atoms with Crippen molar-refractivity contribution < 1.29 is 14.6 Å². The van der Waals surface area contributed by atoms with E-state index in [1.807, 2.05) is 4.90 Å². The number of rotatable bonds is 3. The standard InChI is InChI=1S/C14H17N3O4/c1-11(18)21-15-14(16-8-3-2-4-9-16)12-6-5-7-13(10-12)17(19)20/h5-7,10H,2-4,8-9H2,1H3. The Morgan fingerprint density at radius 3 is 2.67 bits per heavy atom. The molecule has 0 saturated carbocycles. The summed E-state index contributed by atoms with van der Waals surface area (Å²) in [7, 11) is 0. The van der Waals surface area contributed by atoms with Crippen molar-refractivity contribution in [3.8, 4) is 0 Å². The molecule has 0 amide bonds. The molecule has 1 aromatic carbocycles. The van der Waals surface area contributed by atoms with Crippen molar-refractivity contribution in [3.63, 3.8) is 0 Å². The number of non-ortho nitro benzene ring substituents is 1. The Hall–Kier alpha value is -2.44. The van der Waals surface area contributed by atoms with E-state index in [4.69, 9.17) is 4.84 Å². The van der Waals surface area contributed by atoms with E-state index in [1.54, 1.807) is 12.1 Å². The third-order valence-electron chi connectivity index (χ3n) is 3.23. The summed E-state index contributed by atoms with van der Waals surface area (Å²) in [4.78, 5) is 28.2. The molecule has 1 aliphatic rings. The van der Waals surface area contributed by atoms with Gasteiger partial charge in [0.1, 0.15) is 0 Å². The Bertz CT molecular complexity index is 565. The van der Waals surface area contributed by atoms with Crippen molar-refractivity contribution in [1.29, 1.82) is 0 Å². The number of nitro benzene ring substituents is 1. The molecule has 0 aromatic heterocycles. The van der Waals surface area contributed by atoms with E-state index in [1.165, 1.54) is 19.1 Å². The van der Waals surface area contributed by atoms with E-state index < -0.39 is 10.9 Å². The van der Waals surface area contributed by atoms with Crippen LogP contribution < -0.4 is 0 Å². The fraction of sp³-hybridized carbons (Fsp3) is 0.429. The van der Waals surface area contributed by atoms with Gasteiger partial charge in [0.15, 0.2) is 5.84 Å². The first-order valence-corrected chi connectivity index (χ1v) is 6.83. The molecule has 1 aromatic rings. The van der Waals surface area contributed by atoms with Gasteiger partial charge in [0.2, 0.25) is 0 Å². The van der Waals surface area contributed by atoms with E-state index in [9.17, 15) is 14.9 Å². The largest absolute Gasteiger partial charge is 0.353 e. The normalized spacial score (nSPS) is 15.7. The SMILES string of the molecule is CC(=O)ON=C(c1cccc([N+](=O)[O-])c1)N1CCCCC1. The topological polar surface area (TPSA) is 85.0 Å². The highest BCUT2D eigenvalue weighted by atomic mass is 16.7. The van der Waals surface area contributed by atoms with Gasteiger partial charge in [0, 0.05) is 37.7 Å². The molecule has 0 atom stereocenters. The molecular formula is C14H17N3O4. The van der Waals surface area contributed by atoms with Gasteiger partial charge >= 0.3 is 5.97 Å². The van der Waals surface area contributed by atoms with Crippen LogP contribution in [0.15, 0.2) is 29.4 Å². The van der Waals surface area contributed by atoms with E-state index in [-0.39, 0.29) is 5.69 Å². The molecule has 1 fully saturated rings. The van der Waals surface area contributed by atoms with E-state index >= 15 is 0 Å². The number of hydrogen-bond donors (Lipinski definition) is 0. The van der Waals surface area contributed by atoms with Crippen LogP contribution in [0.5, 0.6) is 0 Å². The molecule has 0 unspecified atom stereocenters. The predicted octanol–water partition coefficient (Wildman–Crippen LogP) is 2.31. The fourth-order valence-electron chi connectivity index (χ4n) is 2.26. The average molecular weight is 291 g/mol. The van der Waals surface area contributed by atoms with Crippen LogP contribution in [0.2, 0.25) is 0 Å². The first-order valence-electron chi connectivity index (χ1n) is 6.83.